The van der Waals surface area contributed by atoms with Crippen LogP contribution in [0, 0.1) is 0 Å². The molecule has 0 aliphatic heterocycles. The van der Waals surface area contributed by atoms with Crippen LogP contribution in [-0.2, 0) is 6.54 Å². The molecule has 0 saturated carbocycles. The zero-order chi connectivity index (χ0) is 13.3. The van der Waals surface area contributed by atoms with Crippen molar-refractivity contribution >= 4 is 43.2 Å². The summed E-state index contributed by atoms with van der Waals surface area (Å²) in [6, 6.07) is 2.00. The molecule has 0 radical (unpaired) electrons. The van der Waals surface area contributed by atoms with Crippen molar-refractivity contribution in [3.05, 3.63) is 25.6 Å². The summed E-state index contributed by atoms with van der Waals surface area (Å²) < 4.78 is 7.59. The van der Waals surface area contributed by atoms with Crippen molar-refractivity contribution in [2.75, 3.05) is 0 Å². The molecule has 0 saturated heterocycles. The van der Waals surface area contributed by atoms with Gasteiger partial charge in [-0.15, -0.1) is 11.3 Å². The Morgan fingerprint density at radius 2 is 2.11 bits per heavy atom. The molecule has 2 aromatic rings. The zero-order valence-electron chi connectivity index (χ0n) is 10.4. The average Bonchev–Trinajstić information content (AvgIpc) is 2.81. The van der Waals surface area contributed by atoms with Crippen molar-refractivity contribution in [3.8, 4) is 11.5 Å². The molecule has 0 fully saturated rings. The molecule has 0 atom stereocenters. The number of thiophene rings is 1. The molecule has 2 rings (SSSR count). The van der Waals surface area contributed by atoms with E-state index in [2.05, 4.69) is 62.9 Å². The highest BCUT2D eigenvalue weighted by Gasteiger charge is 2.15. The van der Waals surface area contributed by atoms with Crippen LogP contribution in [-0.4, -0.2) is 10.5 Å². The second-order valence-corrected chi connectivity index (χ2v) is 8.73. The molecule has 0 aliphatic rings. The van der Waals surface area contributed by atoms with Crippen molar-refractivity contribution in [3.63, 3.8) is 0 Å². The van der Waals surface area contributed by atoms with E-state index in [0.29, 0.717) is 12.4 Å². The predicted molar refractivity (Wildman–Crippen MR) is 81.8 cm³/mol. The van der Waals surface area contributed by atoms with Crippen LogP contribution < -0.4 is 5.32 Å². The number of halogens is 2. The van der Waals surface area contributed by atoms with Crippen LogP contribution in [0.1, 0.15) is 26.5 Å². The minimum Gasteiger partial charge on any atom is -0.444 e. The van der Waals surface area contributed by atoms with Gasteiger partial charge in [0.1, 0.15) is 6.26 Å². The van der Waals surface area contributed by atoms with Crippen molar-refractivity contribution < 1.29 is 4.42 Å². The van der Waals surface area contributed by atoms with Crippen LogP contribution in [0.15, 0.2) is 24.3 Å². The second-order valence-electron chi connectivity index (χ2n) is 4.99. The lowest BCUT2D eigenvalue weighted by molar-refractivity contribution is 0.421. The van der Waals surface area contributed by atoms with Gasteiger partial charge >= 0.3 is 0 Å². The Bertz CT molecular complexity index is 543. The van der Waals surface area contributed by atoms with Gasteiger partial charge in [0.15, 0.2) is 0 Å². The summed E-state index contributed by atoms with van der Waals surface area (Å²) in [4.78, 5) is 4.48. The molecule has 3 nitrogen and oxygen atoms in total. The summed E-state index contributed by atoms with van der Waals surface area (Å²) in [7, 11) is 0. The number of nitrogens with one attached hydrogen (secondary N) is 1. The largest absolute Gasteiger partial charge is 0.444 e. The highest BCUT2D eigenvalue weighted by Crippen LogP contribution is 2.38. The van der Waals surface area contributed by atoms with Gasteiger partial charge in [0.05, 0.1) is 18.8 Å². The van der Waals surface area contributed by atoms with E-state index in [1.54, 1.807) is 17.6 Å². The second kappa shape index (κ2) is 5.45. The maximum absolute atomic E-state index is 5.51. The minimum absolute atomic E-state index is 0.0745. The number of rotatable bonds is 3. The highest BCUT2D eigenvalue weighted by atomic mass is 79.9. The molecular weight excluding hydrogens is 380 g/mol. The Morgan fingerprint density at radius 1 is 1.39 bits per heavy atom. The topological polar surface area (TPSA) is 38.1 Å². The van der Waals surface area contributed by atoms with Crippen LogP contribution >= 0.6 is 43.2 Å². The van der Waals surface area contributed by atoms with Crippen molar-refractivity contribution in [1.29, 1.82) is 0 Å². The molecular formula is C12H14Br2N2OS. The van der Waals surface area contributed by atoms with Crippen LogP contribution in [0.3, 0.4) is 0 Å². The fourth-order valence-electron chi connectivity index (χ4n) is 1.35. The van der Waals surface area contributed by atoms with E-state index in [1.807, 2.05) is 6.07 Å². The Kier molecular flexibility index (Phi) is 4.31. The third kappa shape index (κ3) is 3.66. The number of hydrogen-bond donors (Lipinski definition) is 1. The molecule has 0 spiro atoms. The molecule has 98 valence electrons. The third-order valence-electron chi connectivity index (χ3n) is 2.24. The molecule has 2 aromatic heterocycles. The maximum Gasteiger partial charge on any atom is 0.228 e. The fraction of sp³-hybridized carbons (Fsp3) is 0.417. The van der Waals surface area contributed by atoms with Gasteiger partial charge in [-0.1, -0.05) is 0 Å². The molecule has 0 bridgehead atoms. The van der Waals surface area contributed by atoms with E-state index >= 15 is 0 Å². The van der Waals surface area contributed by atoms with Crippen LogP contribution in [0.2, 0.25) is 0 Å². The molecule has 1 N–H and O–H groups in total. The number of nitrogens with zero attached hydrogens (tertiary/aromatic N) is 1. The first-order valence-electron chi connectivity index (χ1n) is 5.50. The van der Waals surface area contributed by atoms with Crippen LogP contribution in [0.25, 0.3) is 11.5 Å². The number of hydrogen-bond acceptors (Lipinski definition) is 4. The van der Waals surface area contributed by atoms with E-state index in [9.17, 15) is 0 Å². The van der Waals surface area contributed by atoms with Gasteiger partial charge in [-0.05, 0) is 58.7 Å². The first kappa shape index (κ1) is 14.2. The Balaban J connectivity index is 2.13. The molecule has 0 aromatic carbocycles. The third-order valence-corrected chi connectivity index (χ3v) is 4.58. The summed E-state index contributed by atoms with van der Waals surface area (Å²) in [6.07, 6.45) is 1.70. The first-order chi connectivity index (χ1) is 8.35. The van der Waals surface area contributed by atoms with Gasteiger partial charge in [0.2, 0.25) is 5.89 Å². The fourth-order valence-corrected chi connectivity index (χ4v) is 4.13. The molecule has 18 heavy (non-hydrogen) atoms. The molecule has 6 heteroatoms. The molecule has 0 aliphatic carbocycles. The number of aromatic nitrogens is 1. The lowest BCUT2D eigenvalue weighted by Gasteiger charge is -2.19. The van der Waals surface area contributed by atoms with Gasteiger partial charge in [0, 0.05) is 12.1 Å². The lowest BCUT2D eigenvalue weighted by Crippen LogP contribution is -2.35. The van der Waals surface area contributed by atoms with E-state index in [0.717, 1.165) is 18.8 Å². The normalized spacial score (nSPS) is 12.1. The minimum atomic E-state index is 0.0745. The summed E-state index contributed by atoms with van der Waals surface area (Å²) in [5.41, 5.74) is 1.97. The Morgan fingerprint density at radius 3 is 2.67 bits per heavy atom. The van der Waals surface area contributed by atoms with Crippen molar-refractivity contribution in [2.45, 2.75) is 32.9 Å². The summed E-state index contributed by atoms with van der Waals surface area (Å²) in [5, 5.41) is 3.38. The highest BCUT2D eigenvalue weighted by molar-refractivity contribution is 9.12. The predicted octanol–water partition coefficient (Wildman–Crippen LogP) is 4.82. The Hall–Kier alpha value is -0.170. The summed E-state index contributed by atoms with van der Waals surface area (Å²) in [6.45, 7) is 7.08. The zero-order valence-corrected chi connectivity index (χ0v) is 14.4. The van der Waals surface area contributed by atoms with Crippen molar-refractivity contribution in [2.24, 2.45) is 0 Å². The van der Waals surface area contributed by atoms with Gasteiger partial charge < -0.3 is 9.73 Å². The van der Waals surface area contributed by atoms with Crippen LogP contribution in [0.4, 0.5) is 0 Å². The summed E-state index contributed by atoms with van der Waals surface area (Å²) >= 11 is 8.57. The monoisotopic (exact) mass is 392 g/mol. The van der Waals surface area contributed by atoms with Gasteiger partial charge in [-0.2, -0.15) is 0 Å². The Labute approximate surface area is 127 Å². The quantitative estimate of drug-likeness (QED) is 0.812. The maximum atomic E-state index is 5.51. The summed E-state index contributed by atoms with van der Waals surface area (Å²) in [5.74, 6) is 0.648. The van der Waals surface area contributed by atoms with Gasteiger partial charge in [-0.3, -0.25) is 0 Å². The smallest absolute Gasteiger partial charge is 0.228 e. The standard InChI is InChI=1S/C12H14Br2N2OS/c1-12(2,3)15-5-7-6-17-11(16-7)8-4-9(13)18-10(8)14/h4,6,15H,5H2,1-3H3. The van der Waals surface area contributed by atoms with E-state index in [4.69, 9.17) is 4.42 Å². The molecule has 0 amide bonds. The van der Waals surface area contributed by atoms with E-state index in [-0.39, 0.29) is 5.54 Å². The lowest BCUT2D eigenvalue weighted by atomic mass is 10.1. The van der Waals surface area contributed by atoms with E-state index in [1.165, 1.54) is 0 Å². The van der Waals surface area contributed by atoms with Crippen molar-refractivity contribution in [1.82, 2.24) is 10.3 Å². The van der Waals surface area contributed by atoms with E-state index < -0.39 is 0 Å². The SMILES string of the molecule is CC(C)(C)NCc1coc(-c2cc(Br)sc2Br)n1. The average molecular weight is 394 g/mol. The first-order valence-corrected chi connectivity index (χ1v) is 7.90. The molecule has 2 heterocycles. The number of oxazole rings is 1. The van der Waals surface area contributed by atoms with Gasteiger partial charge in [-0.25, -0.2) is 4.98 Å². The molecule has 0 unspecified atom stereocenters. The van der Waals surface area contributed by atoms with Gasteiger partial charge in [0.25, 0.3) is 0 Å². The van der Waals surface area contributed by atoms with Crippen LogP contribution in [0.5, 0.6) is 0 Å².